The van der Waals surface area contributed by atoms with Gasteiger partial charge in [-0.15, -0.1) is 0 Å². The summed E-state index contributed by atoms with van der Waals surface area (Å²) in [6.07, 6.45) is 0.0795. The normalized spacial score (nSPS) is 11.9. The van der Waals surface area contributed by atoms with Crippen molar-refractivity contribution in [2.75, 3.05) is 6.61 Å². The molecule has 0 saturated heterocycles. The highest BCUT2D eigenvalue weighted by Crippen LogP contribution is 2.28. The van der Waals surface area contributed by atoms with E-state index in [4.69, 9.17) is 9.84 Å². The zero-order valence-corrected chi connectivity index (χ0v) is 12.8. The summed E-state index contributed by atoms with van der Waals surface area (Å²) in [5.41, 5.74) is 0.734. The van der Waals surface area contributed by atoms with Gasteiger partial charge in [0.1, 0.15) is 0 Å². The summed E-state index contributed by atoms with van der Waals surface area (Å²) in [5, 5.41) is 9.08. The number of carbonyl (C=O) groups excluding carboxylic acids is 1. The lowest BCUT2D eigenvalue weighted by Crippen LogP contribution is -2.28. The summed E-state index contributed by atoms with van der Waals surface area (Å²) in [5.74, 6) is -3.09. The number of aliphatic carboxylic acids is 1. The van der Waals surface area contributed by atoms with Crippen LogP contribution in [0.5, 0.6) is 0 Å². The Bertz CT molecular complexity index is 439. The van der Waals surface area contributed by atoms with Crippen molar-refractivity contribution < 1.29 is 19.4 Å². The Morgan fingerprint density at radius 3 is 2.33 bits per heavy atom. The predicted octanol–water partition coefficient (Wildman–Crippen LogP) is 3.02. The van der Waals surface area contributed by atoms with Crippen molar-refractivity contribution in [2.24, 2.45) is 5.92 Å². The summed E-state index contributed by atoms with van der Waals surface area (Å²) < 4.78 is 6.28. The molecule has 6 heteroatoms. The third-order valence-corrected chi connectivity index (χ3v) is 3.83. The number of hydrogen-bond donors (Lipinski definition) is 1. The minimum atomic E-state index is -1.19. The first-order valence-corrected chi connectivity index (χ1v) is 6.88. The second-order valence-corrected chi connectivity index (χ2v) is 5.26. The van der Waals surface area contributed by atoms with Gasteiger partial charge in [-0.1, -0.05) is 37.9 Å². The molecule has 1 unspecified atom stereocenters. The molecule has 1 atom stereocenters. The molecule has 0 amide bonds. The molecule has 4 nitrogen and oxygen atoms in total. The molecular weight excluding hydrogens is 368 g/mol. The van der Waals surface area contributed by atoms with Crippen LogP contribution in [0.4, 0.5) is 0 Å². The van der Waals surface area contributed by atoms with Gasteiger partial charge in [0.05, 0.1) is 6.61 Å². The molecule has 0 heterocycles. The number of carbonyl (C=O) groups is 2. The van der Waals surface area contributed by atoms with Gasteiger partial charge in [-0.3, -0.25) is 9.59 Å². The smallest absolute Gasteiger partial charge is 0.320 e. The minimum absolute atomic E-state index is 0.0795. The zero-order valence-electron chi connectivity index (χ0n) is 9.65. The topological polar surface area (TPSA) is 63.6 Å². The number of halogens is 2. The lowest BCUT2D eigenvalue weighted by Gasteiger charge is -2.13. The second-order valence-electron chi connectivity index (χ2n) is 3.55. The van der Waals surface area contributed by atoms with Crippen LogP contribution in [-0.4, -0.2) is 23.7 Å². The molecule has 0 saturated carbocycles. The Labute approximate surface area is 122 Å². The molecule has 1 aromatic rings. The van der Waals surface area contributed by atoms with Crippen molar-refractivity contribution in [3.63, 3.8) is 0 Å². The van der Waals surface area contributed by atoms with Crippen molar-refractivity contribution in [2.45, 2.75) is 13.3 Å². The standard InChI is InChI=1S/C12H12Br2O4/c1-2-18-12(17)8(11(15)16)6-7-9(13)4-3-5-10(7)14/h3-5,8H,2,6H2,1H3,(H,15,16). The number of benzene rings is 1. The Kier molecular flexibility index (Phi) is 5.81. The largest absolute Gasteiger partial charge is 0.481 e. The summed E-state index contributed by atoms with van der Waals surface area (Å²) in [6, 6.07) is 5.41. The molecular formula is C12H12Br2O4. The Morgan fingerprint density at radius 1 is 1.33 bits per heavy atom. The van der Waals surface area contributed by atoms with Crippen LogP contribution in [0.3, 0.4) is 0 Å². The maximum atomic E-state index is 11.6. The highest BCUT2D eigenvalue weighted by atomic mass is 79.9. The number of ether oxygens (including phenoxy) is 1. The van der Waals surface area contributed by atoms with Crippen molar-refractivity contribution in [3.8, 4) is 0 Å². The third kappa shape index (κ3) is 3.81. The summed E-state index contributed by atoms with van der Waals surface area (Å²) in [4.78, 5) is 22.7. The minimum Gasteiger partial charge on any atom is -0.481 e. The summed E-state index contributed by atoms with van der Waals surface area (Å²) in [7, 11) is 0. The quantitative estimate of drug-likeness (QED) is 0.630. The molecule has 0 spiro atoms. The molecule has 0 aliphatic rings. The molecule has 0 fully saturated rings. The van der Waals surface area contributed by atoms with Crippen LogP contribution in [-0.2, 0) is 20.7 Å². The van der Waals surface area contributed by atoms with Crippen molar-refractivity contribution in [1.82, 2.24) is 0 Å². The van der Waals surface area contributed by atoms with E-state index in [1.807, 2.05) is 6.07 Å². The van der Waals surface area contributed by atoms with Gasteiger partial charge < -0.3 is 9.84 Å². The van der Waals surface area contributed by atoms with Gasteiger partial charge in [0.15, 0.2) is 5.92 Å². The van der Waals surface area contributed by atoms with Crippen molar-refractivity contribution >= 4 is 43.8 Å². The van der Waals surface area contributed by atoms with Crippen LogP contribution in [0.2, 0.25) is 0 Å². The van der Waals surface area contributed by atoms with E-state index in [0.717, 1.165) is 14.5 Å². The van der Waals surface area contributed by atoms with E-state index < -0.39 is 17.9 Å². The Hall–Kier alpha value is -0.880. The number of hydrogen-bond acceptors (Lipinski definition) is 3. The fourth-order valence-electron chi connectivity index (χ4n) is 1.45. The van der Waals surface area contributed by atoms with Crippen molar-refractivity contribution in [1.29, 1.82) is 0 Å². The van der Waals surface area contributed by atoms with E-state index in [1.165, 1.54) is 0 Å². The van der Waals surface area contributed by atoms with E-state index in [0.29, 0.717) is 0 Å². The molecule has 0 aliphatic heterocycles. The third-order valence-electron chi connectivity index (χ3n) is 2.34. The molecule has 1 aromatic carbocycles. The van der Waals surface area contributed by atoms with Crippen LogP contribution >= 0.6 is 31.9 Å². The lowest BCUT2D eigenvalue weighted by molar-refractivity contribution is -0.158. The second kappa shape index (κ2) is 6.89. The number of carboxylic acid groups (broad SMARTS) is 1. The summed E-state index contributed by atoms with van der Waals surface area (Å²) >= 11 is 6.68. The highest BCUT2D eigenvalue weighted by molar-refractivity contribution is 9.11. The van der Waals surface area contributed by atoms with E-state index in [2.05, 4.69) is 31.9 Å². The van der Waals surface area contributed by atoms with Gasteiger partial charge in [0.2, 0.25) is 0 Å². The number of carboxylic acids is 1. The van der Waals surface area contributed by atoms with Gasteiger partial charge in [-0.05, 0) is 31.0 Å². The van der Waals surface area contributed by atoms with Gasteiger partial charge in [-0.25, -0.2) is 0 Å². The molecule has 1 N–H and O–H groups in total. The van der Waals surface area contributed by atoms with Crippen LogP contribution in [0, 0.1) is 5.92 Å². The predicted molar refractivity (Wildman–Crippen MR) is 73.3 cm³/mol. The average Bonchev–Trinajstić information content (AvgIpc) is 2.28. The van der Waals surface area contributed by atoms with Gasteiger partial charge in [-0.2, -0.15) is 0 Å². The SMILES string of the molecule is CCOC(=O)C(Cc1c(Br)cccc1Br)C(=O)O. The van der Waals surface area contributed by atoms with Crippen LogP contribution < -0.4 is 0 Å². The number of rotatable bonds is 5. The van der Waals surface area contributed by atoms with E-state index >= 15 is 0 Å². The maximum absolute atomic E-state index is 11.6. The van der Waals surface area contributed by atoms with Crippen LogP contribution in [0.15, 0.2) is 27.1 Å². The van der Waals surface area contributed by atoms with Crippen LogP contribution in [0.25, 0.3) is 0 Å². The molecule has 1 rings (SSSR count). The molecule has 0 radical (unpaired) electrons. The fraction of sp³-hybridized carbons (Fsp3) is 0.333. The first kappa shape index (κ1) is 15.2. The lowest BCUT2D eigenvalue weighted by atomic mass is 9.99. The Balaban J connectivity index is 2.97. The summed E-state index contributed by atoms with van der Waals surface area (Å²) in [6.45, 7) is 1.81. The molecule has 0 aromatic heterocycles. The maximum Gasteiger partial charge on any atom is 0.320 e. The molecule has 0 bridgehead atoms. The van der Waals surface area contributed by atoms with Gasteiger partial charge in [0.25, 0.3) is 0 Å². The van der Waals surface area contributed by atoms with E-state index in [1.54, 1.807) is 19.1 Å². The molecule has 18 heavy (non-hydrogen) atoms. The monoisotopic (exact) mass is 378 g/mol. The zero-order chi connectivity index (χ0) is 13.7. The van der Waals surface area contributed by atoms with E-state index in [9.17, 15) is 9.59 Å². The first-order chi connectivity index (χ1) is 8.47. The Morgan fingerprint density at radius 2 is 1.89 bits per heavy atom. The first-order valence-electron chi connectivity index (χ1n) is 5.29. The van der Waals surface area contributed by atoms with Crippen LogP contribution in [0.1, 0.15) is 12.5 Å². The molecule has 0 aliphatic carbocycles. The van der Waals surface area contributed by atoms with Crippen molar-refractivity contribution in [3.05, 3.63) is 32.7 Å². The fourth-order valence-corrected chi connectivity index (χ4v) is 2.77. The average molecular weight is 380 g/mol. The molecule has 98 valence electrons. The van der Waals surface area contributed by atoms with E-state index in [-0.39, 0.29) is 13.0 Å². The van der Waals surface area contributed by atoms with Gasteiger partial charge in [0, 0.05) is 8.95 Å². The highest BCUT2D eigenvalue weighted by Gasteiger charge is 2.29. The number of esters is 1. The van der Waals surface area contributed by atoms with Gasteiger partial charge >= 0.3 is 11.9 Å².